The standard InChI is InChI=1S/C14H17BrN2O4/c1-8(9-2-4-10(15)5-3-9)16-14(21)17-7-11(18)6-12(17)13(19)20/h2-5,8,11-12,18H,6-7H2,1H3,(H,16,21)(H,19,20). The van der Waals surface area contributed by atoms with Crippen LogP contribution in [0.5, 0.6) is 0 Å². The fourth-order valence-corrected chi connectivity index (χ4v) is 2.64. The highest BCUT2D eigenvalue weighted by atomic mass is 79.9. The summed E-state index contributed by atoms with van der Waals surface area (Å²) in [5, 5.41) is 21.4. The number of amides is 2. The Morgan fingerprint density at radius 3 is 2.57 bits per heavy atom. The van der Waals surface area contributed by atoms with E-state index in [0.29, 0.717) is 0 Å². The van der Waals surface area contributed by atoms with Crippen LogP contribution >= 0.6 is 15.9 Å². The molecule has 1 aromatic carbocycles. The molecule has 0 aromatic heterocycles. The van der Waals surface area contributed by atoms with Crippen molar-refractivity contribution in [1.82, 2.24) is 10.2 Å². The molecule has 1 fully saturated rings. The van der Waals surface area contributed by atoms with Gasteiger partial charge in [0.25, 0.3) is 0 Å². The maximum atomic E-state index is 12.2. The Hall–Kier alpha value is -1.60. The number of nitrogens with zero attached hydrogens (tertiary/aromatic N) is 1. The molecule has 7 heteroatoms. The number of hydrogen-bond acceptors (Lipinski definition) is 3. The number of carbonyl (C=O) groups excluding carboxylic acids is 1. The molecule has 114 valence electrons. The van der Waals surface area contributed by atoms with Gasteiger partial charge >= 0.3 is 12.0 Å². The third-order valence-corrected chi connectivity index (χ3v) is 4.06. The number of urea groups is 1. The molecule has 2 amide bonds. The lowest BCUT2D eigenvalue weighted by atomic mass is 10.1. The molecule has 1 aliphatic rings. The van der Waals surface area contributed by atoms with Gasteiger partial charge in [0, 0.05) is 17.4 Å². The number of aliphatic hydroxyl groups excluding tert-OH is 1. The molecule has 3 unspecified atom stereocenters. The van der Waals surface area contributed by atoms with Gasteiger partial charge in [0.2, 0.25) is 0 Å². The number of aliphatic carboxylic acids is 1. The van der Waals surface area contributed by atoms with Crippen LogP contribution in [0, 0.1) is 0 Å². The first-order chi connectivity index (χ1) is 9.88. The van der Waals surface area contributed by atoms with Gasteiger partial charge < -0.3 is 20.4 Å². The number of halogens is 1. The summed E-state index contributed by atoms with van der Waals surface area (Å²) in [5.74, 6) is -1.10. The predicted molar refractivity (Wildman–Crippen MR) is 79.8 cm³/mol. The van der Waals surface area contributed by atoms with Crippen molar-refractivity contribution in [3.8, 4) is 0 Å². The van der Waals surface area contributed by atoms with Crippen LogP contribution in [0.1, 0.15) is 24.9 Å². The first kappa shape index (κ1) is 15.8. The van der Waals surface area contributed by atoms with E-state index in [2.05, 4.69) is 21.2 Å². The Morgan fingerprint density at radius 1 is 1.38 bits per heavy atom. The zero-order chi connectivity index (χ0) is 15.6. The zero-order valence-electron chi connectivity index (χ0n) is 11.5. The van der Waals surface area contributed by atoms with E-state index in [1.807, 2.05) is 31.2 Å². The van der Waals surface area contributed by atoms with Gasteiger partial charge in [-0.2, -0.15) is 0 Å². The smallest absolute Gasteiger partial charge is 0.326 e. The van der Waals surface area contributed by atoms with Crippen molar-refractivity contribution in [1.29, 1.82) is 0 Å². The number of carboxylic acids is 1. The van der Waals surface area contributed by atoms with Gasteiger partial charge in [-0.15, -0.1) is 0 Å². The Morgan fingerprint density at radius 2 is 2.00 bits per heavy atom. The van der Waals surface area contributed by atoms with Crippen LogP contribution in [0.4, 0.5) is 4.79 Å². The van der Waals surface area contributed by atoms with Gasteiger partial charge in [-0.3, -0.25) is 0 Å². The van der Waals surface area contributed by atoms with Crippen LogP contribution < -0.4 is 5.32 Å². The highest BCUT2D eigenvalue weighted by molar-refractivity contribution is 9.10. The second-order valence-corrected chi connectivity index (χ2v) is 6.03. The molecule has 3 atom stereocenters. The molecule has 2 rings (SSSR count). The number of aliphatic hydroxyl groups is 1. The van der Waals surface area contributed by atoms with Crippen LogP contribution in [0.2, 0.25) is 0 Å². The second kappa shape index (κ2) is 6.44. The van der Waals surface area contributed by atoms with E-state index in [-0.39, 0.29) is 19.0 Å². The minimum Gasteiger partial charge on any atom is -0.480 e. The van der Waals surface area contributed by atoms with E-state index in [0.717, 1.165) is 10.0 Å². The normalized spacial score (nSPS) is 22.9. The largest absolute Gasteiger partial charge is 0.480 e. The van der Waals surface area contributed by atoms with Crippen LogP contribution in [0.3, 0.4) is 0 Å². The summed E-state index contributed by atoms with van der Waals surface area (Å²) in [6.45, 7) is 1.86. The predicted octanol–water partition coefficient (Wildman–Crippen LogP) is 1.74. The van der Waals surface area contributed by atoms with Crippen molar-refractivity contribution in [2.45, 2.75) is 31.5 Å². The van der Waals surface area contributed by atoms with Gasteiger partial charge in [0.15, 0.2) is 0 Å². The van der Waals surface area contributed by atoms with Crippen LogP contribution in [-0.2, 0) is 4.79 Å². The molecular weight excluding hydrogens is 340 g/mol. The summed E-state index contributed by atoms with van der Waals surface area (Å²) in [6.07, 6.45) is -0.727. The number of rotatable bonds is 3. The third-order valence-electron chi connectivity index (χ3n) is 3.53. The van der Waals surface area contributed by atoms with Crippen LogP contribution in [-0.4, -0.2) is 45.8 Å². The number of β-amino-alcohol motifs (C(OH)–C–C–N with tert-alkyl or cyclic N) is 1. The summed E-state index contributed by atoms with van der Waals surface area (Å²) in [6, 6.07) is 5.80. The number of benzene rings is 1. The molecular formula is C14H17BrN2O4. The van der Waals surface area contributed by atoms with Crippen LogP contribution in [0.25, 0.3) is 0 Å². The van der Waals surface area contributed by atoms with E-state index in [1.54, 1.807) is 0 Å². The Labute approximate surface area is 130 Å². The molecule has 21 heavy (non-hydrogen) atoms. The molecule has 0 radical (unpaired) electrons. The van der Waals surface area contributed by atoms with Crippen molar-refractivity contribution in [2.24, 2.45) is 0 Å². The highest BCUT2D eigenvalue weighted by Crippen LogP contribution is 2.20. The third kappa shape index (κ3) is 3.74. The lowest BCUT2D eigenvalue weighted by molar-refractivity contribution is -0.141. The van der Waals surface area contributed by atoms with E-state index in [4.69, 9.17) is 5.11 Å². The molecule has 1 heterocycles. The number of nitrogens with one attached hydrogen (secondary N) is 1. The first-order valence-electron chi connectivity index (χ1n) is 6.62. The van der Waals surface area contributed by atoms with Crippen LogP contribution in [0.15, 0.2) is 28.7 Å². The number of carboxylic acid groups (broad SMARTS) is 1. The van der Waals surface area contributed by atoms with Gasteiger partial charge in [-0.1, -0.05) is 28.1 Å². The maximum absolute atomic E-state index is 12.2. The fourth-order valence-electron chi connectivity index (χ4n) is 2.38. The number of carbonyl (C=O) groups is 2. The van der Waals surface area contributed by atoms with Gasteiger partial charge in [0.05, 0.1) is 12.1 Å². The Bertz CT molecular complexity index is 534. The fraction of sp³-hybridized carbons (Fsp3) is 0.429. The van der Waals surface area contributed by atoms with Gasteiger partial charge in [-0.05, 0) is 24.6 Å². The summed E-state index contributed by atoms with van der Waals surface area (Å²) >= 11 is 3.34. The quantitative estimate of drug-likeness (QED) is 0.769. The Kier molecular flexibility index (Phi) is 4.84. The molecule has 6 nitrogen and oxygen atoms in total. The van der Waals surface area contributed by atoms with Gasteiger partial charge in [0.1, 0.15) is 6.04 Å². The number of likely N-dealkylation sites (tertiary alicyclic amines) is 1. The topological polar surface area (TPSA) is 89.9 Å². The van der Waals surface area contributed by atoms with Crippen molar-refractivity contribution in [3.63, 3.8) is 0 Å². The maximum Gasteiger partial charge on any atom is 0.326 e. The van der Waals surface area contributed by atoms with Gasteiger partial charge in [-0.25, -0.2) is 9.59 Å². The molecule has 3 N–H and O–H groups in total. The minimum absolute atomic E-state index is 0.0376. The van der Waals surface area contributed by atoms with Crippen molar-refractivity contribution in [2.75, 3.05) is 6.54 Å². The van der Waals surface area contributed by atoms with Crippen molar-refractivity contribution >= 4 is 27.9 Å². The average Bonchev–Trinajstić information content (AvgIpc) is 2.82. The van der Waals surface area contributed by atoms with E-state index in [9.17, 15) is 14.7 Å². The van der Waals surface area contributed by atoms with E-state index < -0.39 is 24.1 Å². The molecule has 1 saturated heterocycles. The lowest BCUT2D eigenvalue weighted by Gasteiger charge is -2.24. The monoisotopic (exact) mass is 356 g/mol. The SMILES string of the molecule is CC(NC(=O)N1CC(O)CC1C(=O)O)c1ccc(Br)cc1. The van der Waals surface area contributed by atoms with Crippen molar-refractivity contribution in [3.05, 3.63) is 34.3 Å². The second-order valence-electron chi connectivity index (χ2n) is 5.12. The first-order valence-corrected chi connectivity index (χ1v) is 7.41. The summed E-state index contributed by atoms with van der Waals surface area (Å²) in [7, 11) is 0. The lowest BCUT2D eigenvalue weighted by Crippen LogP contribution is -2.46. The van der Waals surface area contributed by atoms with E-state index in [1.165, 1.54) is 4.90 Å². The molecule has 0 spiro atoms. The van der Waals surface area contributed by atoms with E-state index >= 15 is 0 Å². The highest BCUT2D eigenvalue weighted by Gasteiger charge is 2.39. The molecule has 1 aliphatic heterocycles. The zero-order valence-corrected chi connectivity index (χ0v) is 13.1. The summed E-state index contributed by atoms with van der Waals surface area (Å²) in [5.41, 5.74) is 0.915. The molecule has 1 aromatic rings. The minimum atomic E-state index is -1.10. The molecule has 0 aliphatic carbocycles. The summed E-state index contributed by atoms with van der Waals surface area (Å²) < 4.78 is 0.943. The van der Waals surface area contributed by atoms with Crippen molar-refractivity contribution < 1.29 is 19.8 Å². The summed E-state index contributed by atoms with van der Waals surface area (Å²) in [4.78, 5) is 24.5. The average molecular weight is 357 g/mol. The number of hydrogen-bond donors (Lipinski definition) is 3. The molecule has 0 saturated carbocycles. The Balaban J connectivity index is 2.03. The molecule has 0 bridgehead atoms.